The van der Waals surface area contributed by atoms with Crippen LogP contribution in [0.15, 0.2) is 0 Å². The van der Waals surface area contributed by atoms with Crippen molar-refractivity contribution in [2.75, 3.05) is 37.9 Å². The molecule has 1 N–H and O–H groups in total. The molecule has 84 valence electrons. The highest BCUT2D eigenvalue weighted by molar-refractivity contribution is 8.01. The summed E-state index contributed by atoms with van der Waals surface area (Å²) in [5.41, 5.74) is 0. The van der Waals surface area contributed by atoms with Gasteiger partial charge in [0.15, 0.2) is 9.84 Å². The highest BCUT2D eigenvalue weighted by Crippen LogP contribution is 2.24. The second kappa shape index (κ2) is 4.83. The zero-order valence-corrected chi connectivity index (χ0v) is 10.1. The maximum absolute atomic E-state index is 11.2. The van der Waals surface area contributed by atoms with Gasteiger partial charge in [-0.25, -0.2) is 8.42 Å². The number of rotatable bonds is 4. The molecule has 0 amide bonds. The first-order valence-electron chi connectivity index (χ1n) is 4.55. The van der Waals surface area contributed by atoms with E-state index in [0.717, 1.165) is 12.3 Å². The van der Waals surface area contributed by atoms with Crippen molar-refractivity contribution in [1.29, 1.82) is 0 Å². The fourth-order valence-corrected chi connectivity index (χ4v) is 5.17. The first kappa shape index (κ1) is 12.3. The van der Waals surface area contributed by atoms with Crippen molar-refractivity contribution in [1.82, 2.24) is 4.90 Å². The lowest BCUT2D eigenvalue weighted by Crippen LogP contribution is -2.23. The molecular weight excluding hydrogens is 222 g/mol. The van der Waals surface area contributed by atoms with E-state index in [4.69, 9.17) is 0 Å². The first-order valence-corrected chi connectivity index (χ1v) is 7.42. The van der Waals surface area contributed by atoms with Gasteiger partial charge in [0.1, 0.15) is 0 Å². The number of hydrogen-bond donors (Lipinski definition) is 1. The van der Waals surface area contributed by atoms with Gasteiger partial charge in [0, 0.05) is 17.5 Å². The van der Waals surface area contributed by atoms with Crippen LogP contribution in [0.3, 0.4) is 0 Å². The molecule has 0 spiro atoms. The highest BCUT2D eigenvalue weighted by Gasteiger charge is 2.36. The molecule has 0 aliphatic carbocycles. The van der Waals surface area contributed by atoms with Gasteiger partial charge in [-0.1, -0.05) is 0 Å². The van der Waals surface area contributed by atoms with Crippen LogP contribution >= 0.6 is 11.8 Å². The number of aliphatic hydroxyl groups excluding tert-OH is 1. The largest absolute Gasteiger partial charge is 0.391 e. The minimum atomic E-state index is -2.98. The van der Waals surface area contributed by atoms with Gasteiger partial charge in [-0.2, -0.15) is 11.8 Å². The van der Waals surface area contributed by atoms with E-state index in [1.807, 2.05) is 19.0 Å². The van der Waals surface area contributed by atoms with Crippen LogP contribution in [0.2, 0.25) is 0 Å². The Balaban J connectivity index is 2.33. The number of aliphatic hydroxyl groups is 1. The van der Waals surface area contributed by atoms with Crippen molar-refractivity contribution in [2.45, 2.75) is 11.4 Å². The van der Waals surface area contributed by atoms with Gasteiger partial charge in [-0.05, 0) is 14.1 Å². The van der Waals surface area contributed by atoms with Crippen LogP contribution in [0.25, 0.3) is 0 Å². The average Bonchev–Trinajstić information content (AvgIpc) is 2.24. The molecule has 2 atom stereocenters. The van der Waals surface area contributed by atoms with Crippen LogP contribution in [0.1, 0.15) is 0 Å². The molecule has 1 saturated heterocycles. The molecule has 1 heterocycles. The Morgan fingerprint density at radius 2 is 2.07 bits per heavy atom. The maximum atomic E-state index is 11.2. The Kier molecular flexibility index (Phi) is 4.24. The lowest BCUT2D eigenvalue weighted by Gasteiger charge is -2.14. The van der Waals surface area contributed by atoms with E-state index < -0.39 is 15.9 Å². The Morgan fingerprint density at radius 1 is 1.43 bits per heavy atom. The van der Waals surface area contributed by atoms with E-state index in [9.17, 15) is 13.5 Å². The number of hydrogen-bond acceptors (Lipinski definition) is 5. The smallest absolute Gasteiger partial charge is 0.154 e. The van der Waals surface area contributed by atoms with Crippen LogP contribution in [0, 0.1) is 0 Å². The van der Waals surface area contributed by atoms with Crippen molar-refractivity contribution >= 4 is 21.6 Å². The molecule has 0 aromatic carbocycles. The monoisotopic (exact) mass is 239 g/mol. The highest BCUT2D eigenvalue weighted by atomic mass is 32.2. The number of nitrogens with zero attached hydrogens (tertiary/aromatic N) is 1. The molecule has 1 aliphatic heterocycles. The summed E-state index contributed by atoms with van der Waals surface area (Å²) in [6, 6.07) is 0. The van der Waals surface area contributed by atoms with Crippen molar-refractivity contribution in [3.05, 3.63) is 0 Å². The lowest BCUT2D eigenvalue weighted by molar-refractivity contribution is 0.207. The Morgan fingerprint density at radius 3 is 2.50 bits per heavy atom. The molecule has 14 heavy (non-hydrogen) atoms. The molecule has 6 heteroatoms. The van der Waals surface area contributed by atoms with Gasteiger partial charge in [0.25, 0.3) is 0 Å². The third-order valence-electron chi connectivity index (χ3n) is 2.14. The molecule has 0 aromatic rings. The van der Waals surface area contributed by atoms with E-state index in [1.54, 1.807) is 11.8 Å². The van der Waals surface area contributed by atoms with Gasteiger partial charge >= 0.3 is 0 Å². The third-order valence-corrected chi connectivity index (χ3v) is 5.40. The van der Waals surface area contributed by atoms with E-state index in [0.29, 0.717) is 0 Å². The topological polar surface area (TPSA) is 57.6 Å². The Bertz CT molecular complexity index is 276. The summed E-state index contributed by atoms with van der Waals surface area (Å²) < 4.78 is 22.3. The van der Waals surface area contributed by atoms with Crippen LogP contribution < -0.4 is 0 Å². The summed E-state index contributed by atoms with van der Waals surface area (Å²) >= 11 is 1.55. The van der Waals surface area contributed by atoms with Crippen molar-refractivity contribution in [3.8, 4) is 0 Å². The van der Waals surface area contributed by atoms with Crippen molar-refractivity contribution in [2.24, 2.45) is 0 Å². The zero-order chi connectivity index (χ0) is 10.8. The van der Waals surface area contributed by atoms with E-state index in [2.05, 4.69) is 0 Å². The maximum Gasteiger partial charge on any atom is 0.154 e. The third kappa shape index (κ3) is 3.76. The SMILES string of the molecule is CN(C)CCSC1CS(=O)(=O)CC1O. The predicted molar refractivity (Wildman–Crippen MR) is 59.5 cm³/mol. The van der Waals surface area contributed by atoms with Crippen LogP contribution in [0.4, 0.5) is 0 Å². The summed E-state index contributed by atoms with van der Waals surface area (Å²) in [7, 11) is 0.969. The summed E-state index contributed by atoms with van der Waals surface area (Å²) in [4.78, 5) is 2.04. The molecule has 2 unspecified atom stereocenters. The van der Waals surface area contributed by atoms with Crippen LogP contribution in [0.5, 0.6) is 0 Å². The molecule has 0 saturated carbocycles. The van der Waals surface area contributed by atoms with Gasteiger partial charge in [-0.15, -0.1) is 0 Å². The molecule has 1 fully saturated rings. The fourth-order valence-electron chi connectivity index (χ4n) is 1.34. The van der Waals surface area contributed by atoms with Crippen molar-refractivity contribution in [3.63, 3.8) is 0 Å². The molecular formula is C8H17NO3S2. The second-order valence-electron chi connectivity index (χ2n) is 3.86. The summed E-state index contributed by atoms with van der Waals surface area (Å²) in [6.07, 6.45) is -0.674. The molecule has 0 aromatic heterocycles. The van der Waals surface area contributed by atoms with E-state index in [-0.39, 0.29) is 16.8 Å². The second-order valence-corrected chi connectivity index (χ2v) is 7.36. The van der Waals surface area contributed by atoms with Crippen LogP contribution in [-0.2, 0) is 9.84 Å². The Hall–Kier alpha value is 0.220. The van der Waals surface area contributed by atoms with Gasteiger partial charge in [0.05, 0.1) is 17.6 Å². The van der Waals surface area contributed by atoms with E-state index >= 15 is 0 Å². The van der Waals surface area contributed by atoms with Gasteiger partial charge < -0.3 is 10.0 Å². The van der Waals surface area contributed by atoms with Gasteiger partial charge in [0.2, 0.25) is 0 Å². The zero-order valence-electron chi connectivity index (χ0n) is 8.51. The summed E-state index contributed by atoms with van der Waals surface area (Å²) in [5, 5.41) is 9.35. The van der Waals surface area contributed by atoms with Crippen molar-refractivity contribution < 1.29 is 13.5 Å². The lowest BCUT2D eigenvalue weighted by atomic mass is 10.3. The summed E-state index contributed by atoms with van der Waals surface area (Å²) in [6.45, 7) is 0.911. The number of sulfone groups is 1. The molecule has 0 radical (unpaired) electrons. The standard InChI is InChI=1S/C8H17NO3S2/c1-9(2)3-4-13-8-6-14(11,12)5-7(8)10/h7-8,10H,3-6H2,1-2H3. The Labute approximate surface area is 89.6 Å². The normalized spacial score (nSPS) is 31.1. The van der Waals surface area contributed by atoms with E-state index in [1.165, 1.54) is 0 Å². The molecule has 4 nitrogen and oxygen atoms in total. The average molecular weight is 239 g/mol. The minimum Gasteiger partial charge on any atom is -0.391 e. The quantitative estimate of drug-likeness (QED) is 0.712. The molecule has 0 bridgehead atoms. The number of thioether (sulfide) groups is 1. The molecule has 1 aliphatic rings. The van der Waals surface area contributed by atoms with Gasteiger partial charge in [-0.3, -0.25) is 0 Å². The fraction of sp³-hybridized carbons (Fsp3) is 1.00. The van der Waals surface area contributed by atoms with Crippen LogP contribution in [-0.4, -0.2) is 67.7 Å². The molecule has 1 rings (SSSR count). The predicted octanol–water partition coefficient (Wildman–Crippen LogP) is -0.561. The first-order chi connectivity index (χ1) is 6.41. The summed E-state index contributed by atoms with van der Waals surface area (Å²) in [5.74, 6) is 0.934. The minimum absolute atomic E-state index is 0.0629.